The molecule has 3 nitrogen and oxygen atoms in total. The fourth-order valence-electron chi connectivity index (χ4n) is 13.0. The summed E-state index contributed by atoms with van der Waals surface area (Å²) < 4.78 is 6.97. The van der Waals surface area contributed by atoms with Gasteiger partial charge in [-0.3, -0.25) is 0 Å². The summed E-state index contributed by atoms with van der Waals surface area (Å²) in [6.45, 7) is 21.5. The van der Waals surface area contributed by atoms with Crippen LogP contribution >= 0.6 is 0 Å². The van der Waals surface area contributed by atoms with Crippen LogP contribution in [0.2, 0.25) is 0 Å². The van der Waals surface area contributed by atoms with E-state index in [2.05, 4.69) is 218 Å². The summed E-state index contributed by atoms with van der Waals surface area (Å²) >= 11 is 0. The molecule has 0 fully saturated rings. The van der Waals surface area contributed by atoms with Gasteiger partial charge in [0.1, 0.15) is 5.58 Å². The number of rotatable bonds is 3. The summed E-state index contributed by atoms with van der Waals surface area (Å²) in [6.07, 6.45) is 2.35. The van der Waals surface area contributed by atoms with Gasteiger partial charge in [0.15, 0.2) is 5.58 Å². The van der Waals surface area contributed by atoms with Crippen LogP contribution in [-0.4, -0.2) is 6.85 Å². The van der Waals surface area contributed by atoms with Crippen molar-refractivity contribution in [2.45, 2.75) is 91.4 Å². The number of aryl methyl sites for hydroxylation is 3. The van der Waals surface area contributed by atoms with Gasteiger partial charge in [0.25, 0.3) is 0 Å². The highest BCUT2D eigenvalue weighted by Gasteiger charge is 2.51. The first kappa shape index (κ1) is 39.6. The van der Waals surface area contributed by atoms with E-state index in [9.17, 15) is 0 Å². The van der Waals surface area contributed by atoms with Crippen LogP contribution in [0.15, 0.2) is 150 Å². The van der Waals surface area contributed by atoms with Gasteiger partial charge >= 0.3 is 6.85 Å². The third-order valence-electron chi connectivity index (χ3n) is 16.3. The Balaban J connectivity index is 1.19. The Hall–Kier alpha value is -6.78. The Kier molecular flexibility index (Phi) is 8.04. The maximum Gasteiger partial charge on any atom is 0.333 e. The average Bonchev–Trinajstić information content (AvgIpc) is 3.69. The summed E-state index contributed by atoms with van der Waals surface area (Å²) in [7, 11) is 0. The minimum atomic E-state index is -0.257. The number of nitrogens with zero attached hydrogens (tertiary/aromatic N) is 2. The Morgan fingerprint density at radius 1 is 0.500 bits per heavy atom. The number of furan rings is 1. The second-order valence-corrected chi connectivity index (χ2v) is 21.7. The van der Waals surface area contributed by atoms with Gasteiger partial charge in [0.05, 0.1) is 11.4 Å². The van der Waals surface area contributed by atoms with E-state index in [0.29, 0.717) is 0 Å². The lowest BCUT2D eigenvalue weighted by atomic mass is 9.42. The van der Waals surface area contributed by atoms with Crippen LogP contribution < -0.4 is 20.6 Å². The zero-order valence-corrected chi connectivity index (χ0v) is 39.7. The molecule has 0 unspecified atom stereocenters. The van der Waals surface area contributed by atoms with E-state index in [1.807, 2.05) is 0 Å². The van der Waals surface area contributed by atoms with Crippen LogP contribution in [0.5, 0.6) is 0 Å². The van der Waals surface area contributed by atoms with Gasteiger partial charge in [0, 0.05) is 38.8 Å². The molecule has 0 radical (unpaired) electrons. The molecule has 3 aliphatic heterocycles. The van der Waals surface area contributed by atoms with Crippen molar-refractivity contribution in [2.75, 3.05) is 9.71 Å². The van der Waals surface area contributed by atoms with Crippen molar-refractivity contribution in [3.8, 4) is 33.4 Å². The number of para-hydroxylation sites is 3. The van der Waals surface area contributed by atoms with Gasteiger partial charge in [-0.2, -0.15) is 0 Å². The van der Waals surface area contributed by atoms with Crippen LogP contribution in [-0.2, 0) is 16.2 Å². The predicted octanol–water partition coefficient (Wildman–Crippen LogP) is 15.5. The Morgan fingerprint density at radius 2 is 1.18 bits per heavy atom. The van der Waals surface area contributed by atoms with Gasteiger partial charge in [-0.25, -0.2) is 0 Å². The molecule has 8 aromatic carbocycles. The molecule has 9 aromatic rings. The fraction of sp³-hybridized carbons (Fsp3) is 0.226. The van der Waals surface area contributed by atoms with Gasteiger partial charge in [0.2, 0.25) is 0 Å². The molecule has 4 aliphatic rings. The van der Waals surface area contributed by atoms with E-state index in [1.165, 1.54) is 119 Å². The molecule has 0 spiro atoms. The number of hydrogen-bond acceptors (Lipinski definition) is 3. The maximum absolute atomic E-state index is 6.97. The monoisotopic (exact) mass is 854 g/mol. The molecular weight excluding hydrogens is 800 g/mol. The van der Waals surface area contributed by atoms with Crippen molar-refractivity contribution in [3.05, 3.63) is 185 Å². The zero-order chi connectivity index (χ0) is 45.2. The molecule has 0 atom stereocenters. The highest BCUT2D eigenvalue weighted by atomic mass is 16.3. The first-order chi connectivity index (χ1) is 31.7. The second kappa shape index (κ2) is 13.4. The zero-order valence-electron chi connectivity index (χ0n) is 39.7. The molecule has 1 aromatic heterocycles. The highest BCUT2D eigenvalue weighted by Crippen LogP contribution is 2.59. The smallest absolute Gasteiger partial charge is 0.333 e. The molecule has 1 aliphatic carbocycles. The molecule has 66 heavy (non-hydrogen) atoms. The maximum atomic E-state index is 6.97. The van der Waals surface area contributed by atoms with Crippen LogP contribution in [0.3, 0.4) is 0 Å². The molecule has 4 heteroatoms. The van der Waals surface area contributed by atoms with Crippen LogP contribution in [0, 0.1) is 20.8 Å². The molecule has 0 saturated heterocycles. The molecule has 322 valence electrons. The van der Waals surface area contributed by atoms with Crippen LogP contribution in [0.4, 0.5) is 28.4 Å². The van der Waals surface area contributed by atoms with Gasteiger partial charge < -0.3 is 14.1 Å². The largest absolute Gasteiger partial charge is 0.454 e. The number of fused-ring (bicyclic) bond motifs is 10. The van der Waals surface area contributed by atoms with Crippen molar-refractivity contribution in [1.29, 1.82) is 0 Å². The third-order valence-corrected chi connectivity index (χ3v) is 16.3. The second-order valence-electron chi connectivity index (χ2n) is 21.7. The molecule has 0 amide bonds. The minimum Gasteiger partial charge on any atom is -0.454 e. The summed E-state index contributed by atoms with van der Waals surface area (Å²) in [5.41, 5.74) is 27.7. The SMILES string of the molecule is Cc1cc(C)c(-c2cc3c4c(c2)N2c5cc6c(cc5C(C)(C)c5cccc(c52)B4N(c2cccc4c2oc2ccccc24)c2ccc(-c4ccccc4)cc2-3)C(C)(C)CCC6(C)C)c(C)c1. The first-order valence-corrected chi connectivity index (χ1v) is 24.0. The Morgan fingerprint density at radius 3 is 1.95 bits per heavy atom. The lowest BCUT2D eigenvalue weighted by molar-refractivity contribution is 0.331. The lowest BCUT2D eigenvalue weighted by Crippen LogP contribution is -2.62. The normalized spacial score (nSPS) is 16.7. The fourth-order valence-corrected chi connectivity index (χ4v) is 13.0. The molecule has 0 N–H and O–H groups in total. The first-order valence-electron chi connectivity index (χ1n) is 24.0. The Labute approximate surface area is 389 Å². The Bertz CT molecular complexity index is 3550. The summed E-state index contributed by atoms with van der Waals surface area (Å²) in [6, 6.07) is 55.5. The van der Waals surface area contributed by atoms with Crippen molar-refractivity contribution in [3.63, 3.8) is 0 Å². The van der Waals surface area contributed by atoms with Gasteiger partial charge in [-0.15, -0.1) is 0 Å². The predicted molar refractivity (Wildman–Crippen MR) is 280 cm³/mol. The molecular formula is C62H55BN2O. The van der Waals surface area contributed by atoms with Crippen molar-refractivity contribution >= 4 is 68.1 Å². The van der Waals surface area contributed by atoms with Crippen molar-refractivity contribution in [2.24, 2.45) is 0 Å². The average molecular weight is 855 g/mol. The van der Waals surface area contributed by atoms with Gasteiger partial charge in [-0.1, -0.05) is 150 Å². The molecule has 4 heterocycles. The van der Waals surface area contributed by atoms with Crippen molar-refractivity contribution in [1.82, 2.24) is 0 Å². The summed E-state index contributed by atoms with van der Waals surface area (Å²) in [5, 5.41) is 2.27. The molecule has 0 bridgehead atoms. The van der Waals surface area contributed by atoms with E-state index in [1.54, 1.807) is 0 Å². The van der Waals surface area contributed by atoms with E-state index in [-0.39, 0.29) is 23.1 Å². The van der Waals surface area contributed by atoms with E-state index in [4.69, 9.17) is 4.42 Å². The number of hydrogen-bond donors (Lipinski definition) is 0. The quantitative estimate of drug-likeness (QED) is 0.165. The summed E-state index contributed by atoms with van der Waals surface area (Å²) in [5.74, 6) is 0. The summed E-state index contributed by atoms with van der Waals surface area (Å²) in [4.78, 5) is 5.35. The van der Waals surface area contributed by atoms with Crippen LogP contribution in [0.1, 0.15) is 93.3 Å². The number of benzene rings is 8. The van der Waals surface area contributed by atoms with E-state index in [0.717, 1.165) is 27.6 Å². The minimum absolute atomic E-state index is 0.0500. The molecule has 0 saturated carbocycles. The topological polar surface area (TPSA) is 19.6 Å². The van der Waals surface area contributed by atoms with E-state index >= 15 is 0 Å². The lowest BCUT2D eigenvalue weighted by Gasteiger charge is -2.52. The van der Waals surface area contributed by atoms with Crippen LogP contribution in [0.25, 0.3) is 55.3 Å². The van der Waals surface area contributed by atoms with Crippen molar-refractivity contribution < 1.29 is 4.42 Å². The third kappa shape index (κ3) is 5.33. The molecule has 13 rings (SSSR count). The van der Waals surface area contributed by atoms with Gasteiger partial charge in [-0.05, 0) is 159 Å². The standard InChI is InChI=1S/C62H55BN2O/c1-36-29-37(2)56(38(3)30-36)41-32-45-44-31-40(39-17-11-10-12-18-39)25-26-51(44)65(52-23-15-20-43-42-19-13-14-24-55(42)66-59(43)52)63-50-22-16-21-46-58(50)64(54(33-41)57(45)63)53-35-48-47(34-49(53)62(46,8)9)60(4,5)27-28-61(48,6)7/h10-26,29-35H,27-28H2,1-9H3. The number of anilines is 5. The van der Waals surface area contributed by atoms with E-state index < -0.39 is 0 Å². The highest BCUT2D eigenvalue weighted by molar-refractivity contribution is 6.94.